The predicted octanol–water partition coefficient (Wildman–Crippen LogP) is 6.47. The van der Waals surface area contributed by atoms with E-state index in [9.17, 15) is 4.79 Å². The molecule has 1 N–H and O–H groups in total. The number of hydrogen-bond donors (Lipinski definition) is 1. The summed E-state index contributed by atoms with van der Waals surface area (Å²) in [6, 6.07) is 14.0. The summed E-state index contributed by atoms with van der Waals surface area (Å²) >= 11 is 12.0. The fourth-order valence-corrected chi connectivity index (χ4v) is 5.37. The van der Waals surface area contributed by atoms with Gasteiger partial charge in [0.15, 0.2) is 0 Å². The van der Waals surface area contributed by atoms with Gasteiger partial charge in [0.25, 0.3) is 0 Å². The summed E-state index contributed by atoms with van der Waals surface area (Å²) in [4.78, 5) is 14.9. The van der Waals surface area contributed by atoms with E-state index >= 15 is 0 Å². The normalized spacial score (nSPS) is 20.4. The number of nitrogens with one attached hydrogen (secondary N) is 1. The molecule has 1 heterocycles. The molecule has 0 radical (unpaired) electrons. The quantitative estimate of drug-likeness (QED) is 0.434. The van der Waals surface area contributed by atoms with Crippen molar-refractivity contribution in [3.63, 3.8) is 0 Å². The highest BCUT2D eigenvalue weighted by molar-refractivity contribution is 6.42. The first-order valence-corrected chi connectivity index (χ1v) is 12.9. The molecular formula is C28H32Cl3N3O. The van der Waals surface area contributed by atoms with Gasteiger partial charge in [-0.2, -0.15) is 5.26 Å². The van der Waals surface area contributed by atoms with Crippen molar-refractivity contribution in [2.24, 2.45) is 5.92 Å². The number of carbonyl (C=O) groups excluding carboxylic acids is 1. The zero-order chi connectivity index (χ0) is 23.9. The van der Waals surface area contributed by atoms with Crippen LogP contribution in [0.25, 0.3) is 6.08 Å². The molecule has 1 saturated carbocycles. The van der Waals surface area contributed by atoms with Crippen LogP contribution in [-0.4, -0.2) is 36.5 Å². The van der Waals surface area contributed by atoms with E-state index in [2.05, 4.69) is 28.4 Å². The first-order chi connectivity index (χ1) is 16.5. The molecule has 1 fully saturated rings. The van der Waals surface area contributed by atoms with Gasteiger partial charge in [-0.15, -0.1) is 12.4 Å². The summed E-state index contributed by atoms with van der Waals surface area (Å²) in [5.41, 5.74) is 4.35. The number of amides is 1. The van der Waals surface area contributed by atoms with Gasteiger partial charge in [0, 0.05) is 25.2 Å². The number of rotatable bonds is 6. The zero-order valence-electron chi connectivity index (χ0n) is 19.8. The molecule has 186 valence electrons. The lowest BCUT2D eigenvalue weighted by atomic mass is 9.84. The van der Waals surface area contributed by atoms with Crippen molar-refractivity contribution in [2.45, 2.75) is 51.0 Å². The minimum Gasteiger partial charge on any atom is -0.350 e. The number of benzene rings is 2. The molecule has 4 rings (SSSR count). The molecule has 4 nitrogen and oxygen atoms in total. The van der Waals surface area contributed by atoms with E-state index in [0.29, 0.717) is 10.0 Å². The Morgan fingerprint density at radius 1 is 1.03 bits per heavy atom. The summed E-state index contributed by atoms with van der Waals surface area (Å²) in [7, 11) is 0. The molecule has 1 amide bonds. The maximum atomic E-state index is 12.3. The summed E-state index contributed by atoms with van der Waals surface area (Å²) in [6.45, 7) is 3.29. The minimum atomic E-state index is -0.0572. The molecule has 1 aliphatic carbocycles. The molecule has 0 spiro atoms. The molecule has 0 bridgehead atoms. The van der Waals surface area contributed by atoms with Crippen LogP contribution in [0.15, 0.2) is 42.5 Å². The molecule has 0 unspecified atom stereocenters. The Kier molecular flexibility index (Phi) is 10.5. The van der Waals surface area contributed by atoms with E-state index in [1.807, 2.05) is 12.1 Å². The van der Waals surface area contributed by atoms with E-state index in [1.54, 1.807) is 24.3 Å². The first-order valence-electron chi connectivity index (χ1n) is 12.2. The lowest BCUT2D eigenvalue weighted by molar-refractivity contribution is -0.117. The van der Waals surface area contributed by atoms with Crippen LogP contribution in [0.1, 0.15) is 54.4 Å². The Bertz CT molecular complexity index is 1090. The van der Waals surface area contributed by atoms with E-state index in [4.69, 9.17) is 28.5 Å². The van der Waals surface area contributed by atoms with Gasteiger partial charge in [-0.25, -0.2) is 0 Å². The second-order valence-corrected chi connectivity index (χ2v) is 10.3. The predicted molar refractivity (Wildman–Crippen MR) is 146 cm³/mol. The number of nitrogens with zero attached hydrogens (tertiary/aromatic N) is 2. The molecule has 2 aromatic rings. The maximum absolute atomic E-state index is 12.3. The van der Waals surface area contributed by atoms with Gasteiger partial charge in [0.05, 0.1) is 21.7 Å². The van der Waals surface area contributed by atoms with E-state index in [-0.39, 0.29) is 24.4 Å². The first kappa shape index (κ1) is 27.6. The lowest BCUT2D eigenvalue weighted by Gasteiger charge is -2.30. The van der Waals surface area contributed by atoms with Crippen molar-refractivity contribution in [1.29, 1.82) is 5.26 Å². The molecule has 2 aliphatic rings. The average molecular weight is 533 g/mol. The monoisotopic (exact) mass is 531 g/mol. The highest BCUT2D eigenvalue weighted by Crippen LogP contribution is 2.28. The summed E-state index contributed by atoms with van der Waals surface area (Å²) in [5.74, 6) is 0.675. The van der Waals surface area contributed by atoms with Crippen LogP contribution in [0, 0.1) is 17.2 Å². The Morgan fingerprint density at radius 2 is 1.77 bits per heavy atom. The van der Waals surface area contributed by atoms with Crippen molar-refractivity contribution in [3.05, 3.63) is 74.8 Å². The third-order valence-electron chi connectivity index (χ3n) is 7.15. The van der Waals surface area contributed by atoms with Gasteiger partial charge < -0.3 is 10.2 Å². The van der Waals surface area contributed by atoms with Crippen molar-refractivity contribution >= 4 is 47.6 Å². The molecule has 2 aromatic carbocycles. The van der Waals surface area contributed by atoms with Crippen LogP contribution in [-0.2, 0) is 17.6 Å². The average Bonchev–Trinajstić information content (AvgIpc) is 3.06. The van der Waals surface area contributed by atoms with Crippen molar-refractivity contribution < 1.29 is 4.79 Å². The number of nitriles is 1. The summed E-state index contributed by atoms with van der Waals surface area (Å²) in [6.07, 6.45) is 11.1. The number of hydrogen-bond acceptors (Lipinski definition) is 3. The highest BCUT2D eigenvalue weighted by atomic mass is 35.5. The van der Waals surface area contributed by atoms with Crippen LogP contribution in [0.2, 0.25) is 10.0 Å². The van der Waals surface area contributed by atoms with E-state index in [0.717, 1.165) is 62.4 Å². The summed E-state index contributed by atoms with van der Waals surface area (Å²) in [5, 5.41) is 13.3. The van der Waals surface area contributed by atoms with Crippen LogP contribution >= 0.6 is 35.6 Å². The molecule has 35 heavy (non-hydrogen) atoms. The third-order valence-corrected chi connectivity index (χ3v) is 7.89. The van der Waals surface area contributed by atoms with Crippen molar-refractivity contribution in [1.82, 2.24) is 10.2 Å². The zero-order valence-corrected chi connectivity index (χ0v) is 22.1. The Morgan fingerprint density at radius 3 is 2.49 bits per heavy atom. The maximum Gasteiger partial charge on any atom is 0.244 e. The van der Waals surface area contributed by atoms with Gasteiger partial charge in [-0.05, 0) is 104 Å². The van der Waals surface area contributed by atoms with Gasteiger partial charge in [-0.3, -0.25) is 4.79 Å². The van der Waals surface area contributed by atoms with Crippen LogP contribution < -0.4 is 5.32 Å². The van der Waals surface area contributed by atoms with E-state index in [1.165, 1.54) is 30.4 Å². The van der Waals surface area contributed by atoms with Crippen molar-refractivity contribution in [2.75, 3.05) is 19.6 Å². The Balaban J connectivity index is 0.00000342. The SMILES string of the molecule is Cl.N#Cc1ccc2c(c1)CCN(CCC1CCC(NC(=O)/C=C/c3ccc(Cl)c(Cl)c3)CC1)CC2. The molecule has 0 aromatic heterocycles. The van der Waals surface area contributed by atoms with Gasteiger partial charge >= 0.3 is 0 Å². The van der Waals surface area contributed by atoms with E-state index < -0.39 is 0 Å². The van der Waals surface area contributed by atoms with Crippen LogP contribution in [0.5, 0.6) is 0 Å². The Labute approximate surface area is 224 Å². The fourth-order valence-electron chi connectivity index (χ4n) is 5.06. The van der Waals surface area contributed by atoms with Crippen LogP contribution in [0.4, 0.5) is 0 Å². The topological polar surface area (TPSA) is 56.1 Å². The summed E-state index contributed by atoms with van der Waals surface area (Å²) < 4.78 is 0. The molecular weight excluding hydrogens is 501 g/mol. The Hall–Kier alpha value is -2.03. The highest BCUT2D eigenvalue weighted by Gasteiger charge is 2.23. The second kappa shape index (κ2) is 13.3. The molecule has 0 atom stereocenters. The number of carbonyl (C=O) groups is 1. The van der Waals surface area contributed by atoms with Gasteiger partial charge in [0.2, 0.25) is 5.91 Å². The number of fused-ring (bicyclic) bond motifs is 1. The minimum absolute atomic E-state index is 0. The van der Waals surface area contributed by atoms with Gasteiger partial charge in [-0.1, -0.05) is 35.3 Å². The van der Waals surface area contributed by atoms with Gasteiger partial charge in [0.1, 0.15) is 0 Å². The fraction of sp³-hybridized carbons (Fsp3) is 0.429. The van der Waals surface area contributed by atoms with Crippen LogP contribution in [0.3, 0.4) is 0 Å². The number of halogens is 3. The third kappa shape index (κ3) is 7.98. The molecule has 1 aliphatic heterocycles. The second-order valence-electron chi connectivity index (χ2n) is 9.46. The largest absolute Gasteiger partial charge is 0.350 e. The molecule has 0 saturated heterocycles. The standard InChI is InChI=1S/C28H31Cl2N3O.ClH/c29-26-9-4-21(18-27(26)30)5-10-28(34)32-25-7-2-20(3-8-25)11-14-33-15-12-23-6-1-22(19-31)17-24(23)13-16-33;/h1,4-6,9-10,17-18,20,25H,2-3,7-8,11-16H2,(H,32,34);1H/b10-5+;. The molecule has 7 heteroatoms. The lowest BCUT2D eigenvalue weighted by Crippen LogP contribution is -2.37. The van der Waals surface area contributed by atoms with Crippen molar-refractivity contribution in [3.8, 4) is 6.07 Å². The smallest absolute Gasteiger partial charge is 0.244 e.